The first-order chi connectivity index (χ1) is 12.1. The Morgan fingerprint density at radius 3 is 2.64 bits per heavy atom. The zero-order valence-corrected chi connectivity index (χ0v) is 15.0. The molecule has 0 bridgehead atoms. The molecule has 1 N–H and O–H groups in total. The van der Waals surface area contributed by atoms with Gasteiger partial charge in [-0.1, -0.05) is 12.1 Å². The summed E-state index contributed by atoms with van der Waals surface area (Å²) >= 11 is 1.65. The molecule has 128 valence electrons. The lowest BCUT2D eigenvalue weighted by Crippen LogP contribution is -2.56. The van der Waals surface area contributed by atoms with Crippen molar-refractivity contribution in [3.63, 3.8) is 0 Å². The van der Waals surface area contributed by atoms with Crippen LogP contribution >= 0.6 is 11.8 Å². The molecule has 3 heterocycles. The van der Waals surface area contributed by atoms with Crippen molar-refractivity contribution in [2.45, 2.75) is 10.1 Å². The number of nitriles is 1. The minimum absolute atomic E-state index is 0.359. The molecule has 1 fully saturated rings. The third-order valence-corrected chi connectivity index (χ3v) is 7.76. The number of fused-ring (bicyclic) bond motifs is 1. The van der Waals surface area contributed by atoms with Gasteiger partial charge >= 0.3 is 0 Å². The Bertz CT molecular complexity index is 948. The molecule has 0 amide bonds. The van der Waals surface area contributed by atoms with Gasteiger partial charge in [0.25, 0.3) is 0 Å². The van der Waals surface area contributed by atoms with Crippen LogP contribution in [-0.4, -0.2) is 44.0 Å². The average Bonchev–Trinajstić information content (AvgIpc) is 2.59. The van der Waals surface area contributed by atoms with Crippen molar-refractivity contribution in [2.24, 2.45) is 0 Å². The molecule has 25 heavy (non-hydrogen) atoms. The lowest BCUT2D eigenvalue weighted by Gasteiger charge is -2.36. The second kappa shape index (κ2) is 6.33. The van der Waals surface area contributed by atoms with Gasteiger partial charge in [-0.25, -0.2) is 8.42 Å². The molecule has 4 rings (SSSR count). The summed E-state index contributed by atoms with van der Waals surface area (Å²) in [7, 11) is -3.37. The number of thioether (sulfide) groups is 1. The summed E-state index contributed by atoms with van der Waals surface area (Å²) in [5.41, 5.74) is 3.08. The zero-order valence-electron chi connectivity index (χ0n) is 13.3. The highest BCUT2D eigenvalue weighted by molar-refractivity contribution is 8.00. The van der Waals surface area contributed by atoms with E-state index in [2.05, 4.69) is 16.4 Å². The summed E-state index contributed by atoms with van der Waals surface area (Å²) in [6.45, 7) is 1.48. The molecular weight excluding hydrogens is 356 g/mol. The van der Waals surface area contributed by atoms with E-state index in [1.165, 1.54) is 4.31 Å². The van der Waals surface area contributed by atoms with E-state index in [0.717, 1.165) is 16.0 Å². The number of nitrogens with zero attached hydrogens (tertiary/aromatic N) is 3. The predicted octanol–water partition coefficient (Wildman–Crippen LogP) is 1.83. The molecule has 1 aromatic carbocycles. The molecule has 0 atom stereocenters. The van der Waals surface area contributed by atoms with Crippen LogP contribution in [0.15, 0.2) is 41.6 Å². The van der Waals surface area contributed by atoms with Gasteiger partial charge in [0, 0.05) is 42.0 Å². The fourth-order valence-corrected chi connectivity index (χ4v) is 6.03. The summed E-state index contributed by atoms with van der Waals surface area (Å²) < 4.78 is 27.3. The fourth-order valence-electron chi connectivity index (χ4n) is 2.97. The van der Waals surface area contributed by atoms with Crippen LogP contribution in [0.1, 0.15) is 5.56 Å². The highest BCUT2D eigenvalue weighted by Gasteiger charge is 2.38. The van der Waals surface area contributed by atoms with Crippen molar-refractivity contribution in [1.82, 2.24) is 10.3 Å². The molecule has 2 aliphatic heterocycles. The lowest BCUT2D eigenvalue weighted by molar-refractivity contribution is 0.493. The number of benzene rings is 1. The van der Waals surface area contributed by atoms with Crippen molar-refractivity contribution < 1.29 is 8.42 Å². The molecule has 0 aliphatic carbocycles. The van der Waals surface area contributed by atoms with Gasteiger partial charge in [0.05, 0.1) is 23.5 Å². The first kappa shape index (κ1) is 16.4. The molecule has 1 aromatic heterocycles. The van der Waals surface area contributed by atoms with E-state index in [0.29, 0.717) is 36.6 Å². The number of aromatic nitrogens is 1. The molecule has 1 saturated heterocycles. The number of hydrogen-bond donors (Lipinski definition) is 1. The molecule has 0 unspecified atom stereocenters. The van der Waals surface area contributed by atoms with Crippen LogP contribution in [0.5, 0.6) is 0 Å². The quantitative estimate of drug-likeness (QED) is 0.885. The summed E-state index contributed by atoms with van der Waals surface area (Å²) in [4.78, 5) is 5.22. The largest absolute Gasteiger partial charge is 0.314 e. The maximum atomic E-state index is 12.9. The zero-order chi connectivity index (χ0) is 17.4. The number of hydrogen-bond acceptors (Lipinski definition) is 6. The third-order valence-electron chi connectivity index (χ3n) is 4.48. The molecule has 6 nitrogen and oxygen atoms in total. The van der Waals surface area contributed by atoms with Gasteiger partial charge in [-0.3, -0.25) is 9.29 Å². The Labute approximate surface area is 150 Å². The van der Waals surface area contributed by atoms with Crippen LogP contribution in [0, 0.1) is 11.3 Å². The smallest absolute Gasteiger partial charge is 0.240 e. The van der Waals surface area contributed by atoms with E-state index in [-0.39, 0.29) is 5.25 Å². The van der Waals surface area contributed by atoms with Gasteiger partial charge in [-0.05, 0) is 17.7 Å². The first-order valence-corrected chi connectivity index (χ1v) is 10.4. The normalized spacial score (nSPS) is 17.5. The monoisotopic (exact) mass is 372 g/mol. The minimum atomic E-state index is -3.37. The first-order valence-electron chi connectivity index (χ1n) is 7.95. The predicted molar refractivity (Wildman–Crippen MR) is 98.0 cm³/mol. The van der Waals surface area contributed by atoms with Crippen molar-refractivity contribution in [3.05, 3.63) is 42.2 Å². The summed E-state index contributed by atoms with van der Waals surface area (Å²) in [6.07, 6.45) is 3.40. The summed E-state index contributed by atoms with van der Waals surface area (Å²) in [5.74, 6) is 0.708. The van der Waals surface area contributed by atoms with Crippen LogP contribution in [0.2, 0.25) is 0 Å². The van der Waals surface area contributed by atoms with Crippen LogP contribution in [0.25, 0.3) is 11.1 Å². The van der Waals surface area contributed by atoms with E-state index >= 15 is 0 Å². The molecule has 0 saturated carbocycles. The van der Waals surface area contributed by atoms with Crippen LogP contribution in [-0.2, 0) is 10.0 Å². The fraction of sp³-hybridized carbons (Fsp3) is 0.294. The van der Waals surface area contributed by atoms with Crippen molar-refractivity contribution in [2.75, 3.05) is 29.7 Å². The second-order valence-electron chi connectivity index (χ2n) is 5.97. The molecule has 0 radical (unpaired) electrons. The number of anilines is 1. The summed E-state index contributed by atoms with van der Waals surface area (Å²) in [6, 6.07) is 9.38. The van der Waals surface area contributed by atoms with E-state index in [4.69, 9.17) is 5.26 Å². The average molecular weight is 372 g/mol. The topological polar surface area (TPSA) is 86.1 Å². The van der Waals surface area contributed by atoms with Gasteiger partial charge in [0.2, 0.25) is 10.0 Å². The van der Waals surface area contributed by atoms with Crippen molar-refractivity contribution in [1.29, 1.82) is 5.26 Å². The Kier molecular flexibility index (Phi) is 4.15. The van der Waals surface area contributed by atoms with E-state index in [9.17, 15) is 8.42 Å². The van der Waals surface area contributed by atoms with E-state index in [1.807, 2.05) is 12.1 Å². The molecule has 8 heteroatoms. The van der Waals surface area contributed by atoms with E-state index < -0.39 is 10.0 Å². The van der Waals surface area contributed by atoms with Gasteiger partial charge in [-0.15, -0.1) is 11.8 Å². The van der Waals surface area contributed by atoms with Crippen LogP contribution in [0.3, 0.4) is 0 Å². The molecule has 0 spiro atoms. The minimum Gasteiger partial charge on any atom is -0.314 e. The number of rotatable bonds is 3. The summed E-state index contributed by atoms with van der Waals surface area (Å²) in [5, 5.41) is 11.6. The van der Waals surface area contributed by atoms with Crippen LogP contribution < -0.4 is 9.62 Å². The molecule has 2 aliphatic rings. The maximum absolute atomic E-state index is 12.9. The SMILES string of the molecule is N#Cc1ccc(-c2cncc3c2SCCN3S(=O)(=O)C2CNC2)cc1. The standard InChI is InChI=1S/C17H16N4O2S2/c18-7-12-1-3-13(4-2-12)15-10-20-11-16-17(15)24-6-5-21(16)25(22,23)14-8-19-9-14/h1-4,10-11,14,19H,5-6,8-9H2. The lowest BCUT2D eigenvalue weighted by atomic mass is 10.1. The number of pyridine rings is 1. The highest BCUT2D eigenvalue weighted by Crippen LogP contribution is 2.42. The highest BCUT2D eigenvalue weighted by atomic mass is 32.2. The van der Waals surface area contributed by atoms with Crippen molar-refractivity contribution in [3.8, 4) is 17.2 Å². The van der Waals surface area contributed by atoms with Gasteiger partial charge in [-0.2, -0.15) is 5.26 Å². The van der Waals surface area contributed by atoms with Gasteiger partial charge in [0.1, 0.15) is 5.25 Å². The maximum Gasteiger partial charge on any atom is 0.240 e. The van der Waals surface area contributed by atoms with Crippen LogP contribution in [0.4, 0.5) is 5.69 Å². The van der Waals surface area contributed by atoms with Gasteiger partial charge < -0.3 is 5.32 Å². The Balaban J connectivity index is 1.78. The Morgan fingerprint density at radius 1 is 1.24 bits per heavy atom. The van der Waals surface area contributed by atoms with Gasteiger partial charge in [0.15, 0.2) is 0 Å². The van der Waals surface area contributed by atoms with E-state index in [1.54, 1.807) is 36.3 Å². The molecule has 2 aromatic rings. The Hall–Kier alpha value is -2.08. The number of nitrogens with one attached hydrogen (secondary N) is 1. The third kappa shape index (κ3) is 2.78. The molecular formula is C17H16N4O2S2. The number of sulfonamides is 1. The Morgan fingerprint density at radius 2 is 2.00 bits per heavy atom. The second-order valence-corrected chi connectivity index (χ2v) is 9.21. The van der Waals surface area contributed by atoms with Crippen molar-refractivity contribution >= 4 is 27.5 Å².